The monoisotopic (exact) mass is 380 g/mol. The standard InChI is InChI=1S/C22H24N2O2S/c1-16-14-27-15-20(16)18-7-8-21(19-6-4-3-5-17(18)19)26-13-22(25)24-11-9-23(2)10-12-24/h3-8,14-15H,9-13H2,1-2H3. The van der Waals surface area contributed by atoms with Gasteiger partial charge >= 0.3 is 0 Å². The van der Waals surface area contributed by atoms with Crippen molar-refractivity contribution in [2.45, 2.75) is 6.92 Å². The molecule has 5 heteroatoms. The minimum atomic E-state index is 0.0601. The molecule has 0 saturated carbocycles. The van der Waals surface area contributed by atoms with Gasteiger partial charge in [-0.1, -0.05) is 30.3 Å². The highest BCUT2D eigenvalue weighted by atomic mass is 32.1. The first-order chi connectivity index (χ1) is 13.1. The van der Waals surface area contributed by atoms with Crippen molar-refractivity contribution < 1.29 is 9.53 Å². The number of amides is 1. The smallest absolute Gasteiger partial charge is 0.260 e. The third-order valence-electron chi connectivity index (χ3n) is 5.24. The molecular weight excluding hydrogens is 356 g/mol. The molecule has 2 aromatic carbocycles. The van der Waals surface area contributed by atoms with Crippen LogP contribution < -0.4 is 4.74 Å². The summed E-state index contributed by atoms with van der Waals surface area (Å²) in [6.07, 6.45) is 0. The van der Waals surface area contributed by atoms with E-state index < -0.39 is 0 Å². The zero-order chi connectivity index (χ0) is 18.8. The summed E-state index contributed by atoms with van der Waals surface area (Å²) in [5.41, 5.74) is 3.75. The summed E-state index contributed by atoms with van der Waals surface area (Å²) in [6, 6.07) is 12.3. The lowest BCUT2D eigenvalue weighted by atomic mass is 9.97. The molecule has 0 spiro atoms. The van der Waals surface area contributed by atoms with E-state index in [4.69, 9.17) is 4.74 Å². The second kappa shape index (κ2) is 7.71. The number of likely N-dealkylation sites (N-methyl/N-ethyl adjacent to an activating group) is 1. The maximum Gasteiger partial charge on any atom is 0.260 e. The fourth-order valence-corrected chi connectivity index (χ4v) is 4.40. The molecule has 27 heavy (non-hydrogen) atoms. The molecule has 3 aromatic rings. The fraction of sp³-hybridized carbons (Fsp3) is 0.318. The minimum absolute atomic E-state index is 0.0601. The highest BCUT2D eigenvalue weighted by Gasteiger charge is 2.20. The molecule has 4 nitrogen and oxygen atoms in total. The van der Waals surface area contributed by atoms with Gasteiger partial charge in [-0.25, -0.2) is 0 Å². The lowest BCUT2D eigenvalue weighted by Gasteiger charge is -2.32. The number of carbonyl (C=O) groups is 1. The van der Waals surface area contributed by atoms with Crippen molar-refractivity contribution in [3.63, 3.8) is 0 Å². The van der Waals surface area contributed by atoms with Crippen molar-refractivity contribution in [1.82, 2.24) is 9.80 Å². The molecule has 2 heterocycles. The molecule has 140 valence electrons. The number of thiophene rings is 1. The quantitative estimate of drug-likeness (QED) is 0.685. The van der Waals surface area contributed by atoms with Gasteiger partial charge in [0.1, 0.15) is 5.75 Å². The fourth-order valence-electron chi connectivity index (χ4n) is 3.56. The molecule has 0 unspecified atom stereocenters. The van der Waals surface area contributed by atoms with E-state index in [0.717, 1.165) is 42.7 Å². The van der Waals surface area contributed by atoms with Crippen LogP contribution >= 0.6 is 11.3 Å². The van der Waals surface area contributed by atoms with Crippen molar-refractivity contribution in [1.29, 1.82) is 0 Å². The molecule has 0 bridgehead atoms. The lowest BCUT2D eigenvalue weighted by molar-refractivity contribution is -0.134. The summed E-state index contributed by atoms with van der Waals surface area (Å²) < 4.78 is 5.96. The van der Waals surface area contributed by atoms with E-state index in [9.17, 15) is 4.79 Å². The van der Waals surface area contributed by atoms with Crippen LogP contribution in [0, 0.1) is 6.92 Å². The third-order valence-corrected chi connectivity index (χ3v) is 6.10. The average molecular weight is 381 g/mol. The van der Waals surface area contributed by atoms with Crippen LogP contribution in [-0.2, 0) is 4.79 Å². The first kappa shape index (κ1) is 18.0. The van der Waals surface area contributed by atoms with Crippen molar-refractivity contribution in [3.05, 3.63) is 52.7 Å². The molecule has 4 rings (SSSR count). The predicted octanol–water partition coefficient (Wildman–Crippen LogP) is 4.03. The van der Waals surface area contributed by atoms with Crippen LogP contribution in [0.3, 0.4) is 0 Å². The van der Waals surface area contributed by atoms with E-state index in [1.165, 1.54) is 16.7 Å². The van der Waals surface area contributed by atoms with Gasteiger partial charge in [-0.15, -0.1) is 0 Å². The summed E-state index contributed by atoms with van der Waals surface area (Å²) in [5, 5.41) is 6.56. The summed E-state index contributed by atoms with van der Waals surface area (Å²) in [5.74, 6) is 0.828. The van der Waals surface area contributed by atoms with Crippen LogP contribution in [0.5, 0.6) is 5.75 Å². The van der Waals surface area contributed by atoms with Gasteiger partial charge in [0, 0.05) is 31.6 Å². The Morgan fingerprint density at radius 2 is 1.74 bits per heavy atom. The number of fused-ring (bicyclic) bond motifs is 1. The zero-order valence-electron chi connectivity index (χ0n) is 15.8. The number of carbonyl (C=O) groups excluding carboxylic acids is 1. The number of benzene rings is 2. The van der Waals surface area contributed by atoms with Gasteiger partial charge in [-0.05, 0) is 52.9 Å². The van der Waals surface area contributed by atoms with E-state index in [2.05, 4.69) is 47.8 Å². The highest BCUT2D eigenvalue weighted by molar-refractivity contribution is 7.08. The van der Waals surface area contributed by atoms with Crippen LogP contribution in [-0.4, -0.2) is 55.5 Å². The first-order valence-corrected chi connectivity index (χ1v) is 10.2. The molecule has 1 saturated heterocycles. The molecule has 1 fully saturated rings. The summed E-state index contributed by atoms with van der Waals surface area (Å²) >= 11 is 1.72. The zero-order valence-corrected chi connectivity index (χ0v) is 16.6. The Bertz CT molecular complexity index is 958. The largest absolute Gasteiger partial charge is 0.483 e. The van der Waals surface area contributed by atoms with Gasteiger partial charge in [-0.3, -0.25) is 4.79 Å². The van der Waals surface area contributed by atoms with Gasteiger partial charge in [0.15, 0.2) is 6.61 Å². The Hall–Kier alpha value is -2.37. The topological polar surface area (TPSA) is 32.8 Å². The van der Waals surface area contributed by atoms with E-state index in [0.29, 0.717) is 0 Å². The Labute approximate surface area is 164 Å². The van der Waals surface area contributed by atoms with Crippen molar-refractivity contribution in [2.24, 2.45) is 0 Å². The maximum atomic E-state index is 12.5. The highest BCUT2D eigenvalue weighted by Crippen LogP contribution is 2.37. The van der Waals surface area contributed by atoms with Crippen LogP contribution in [0.15, 0.2) is 47.2 Å². The number of nitrogens with zero attached hydrogens (tertiary/aromatic N) is 2. The molecule has 0 atom stereocenters. The van der Waals surface area contributed by atoms with Crippen molar-refractivity contribution in [2.75, 3.05) is 39.8 Å². The summed E-state index contributed by atoms with van der Waals surface area (Å²) in [4.78, 5) is 16.6. The third kappa shape index (κ3) is 3.70. The molecule has 1 aliphatic rings. The summed E-state index contributed by atoms with van der Waals surface area (Å²) in [7, 11) is 2.08. The molecule has 0 aliphatic carbocycles. The number of hydrogen-bond acceptors (Lipinski definition) is 4. The Morgan fingerprint density at radius 1 is 1.00 bits per heavy atom. The van der Waals surface area contributed by atoms with Crippen LogP contribution in [0.25, 0.3) is 21.9 Å². The number of hydrogen-bond donors (Lipinski definition) is 0. The lowest BCUT2D eigenvalue weighted by Crippen LogP contribution is -2.48. The molecule has 1 aromatic heterocycles. The molecule has 0 N–H and O–H groups in total. The van der Waals surface area contributed by atoms with Gasteiger partial charge in [-0.2, -0.15) is 11.3 Å². The number of piperazine rings is 1. The van der Waals surface area contributed by atoms with Gasteiger partial charge in [0.2, 0.25) is 0 Å². The van der Waals surface area contributed by atoms with Gasteiger partial charge in [0.05, 0.1) is 0 Å². The normalized spacial score (nSPS) is 15.3. The number of ether oxygens (including phenoxy) is 1. The Kier molecular flexibility index (Phi) is 5.14. The molecule has 0 radical (unpaired) electrons. The average Bonchev–Trinajstić information content (AvgIpc) is 3.12. The van der Waals surface area contributed by atoms with Crippen LogP contribution in [0.4, 0.5) is 0 Å². The summed E-state index contributed by atoms with van der Waals surface area (Å²) in [6.45, 7) is 5.61. The van der Waals surface area contributed by atoms with Crippen molar-refractivity contribution >= 4 is 28.0 Å². The Morgan fingerprint density at radius 3 is 2.44 bits per heavy atom. The molecule has 1 amide bonds. The van der Waals surface area contributed by atoms with Crippen molar-refractivity contribution in [3.8, 4) is 16.9 Å². The van der Waals surface area contributed by atoms with Crippen LogP contribution in [0.2, 0.25) is 0 Å². The van der Waals surface area contributed by atoms with Crippen LogP contribution in [0.1, 0.15) is 5.56 Å². The van der Waals surface area contributed by atoms with Gasteiger partial charge in [0.25, 0.3) is 5.91 Å². The maximum absolute atomic E-state index is 12.5. The second-order valence-corrected chi connectivity index (χ2v) is 7.84. The van der Waals surface area contributed by atoms with Gasteiger partial charge < -0.3 is 14.5 Å². The Balaban J connectivity index is 1.56. The second-order valence-electron chi connectivity index (χ2n) is 7.10. The molecular formula is C22H24N2O2S. The van der Waals surface area contributed by atoms with E-state index in [1.807, 2.05) is 23.1 Å². The first-order valence-electron chi connectivity index (χ1n) is 9.27. The van der Waals surface area contributed by atoms with E-state index in [1.54, 1.807) is 11.3 Å². The number of rotatable bonds is 4. The van der Waals surface area contributed by atoms with E-state index >= 15 is 0 Å². The molecule has 1 aliphatic heterocycles. The predicted molar refractivity (Wildman–Crippen MR) is 112 cm³/mol. The minimum Gasteiger partial charge on any atom is -0.483 e. The van der Waals surface area contributed by atoms with E-state index in [-0.39, 0.29) is 12.5 Å². The SMILES string of the molecule is Cc1cscc1-c1ccc(OCC(=O)N2CCN(C)CC2)c2ccccc12. The number of aryl methyl sites for hydroxylation is 1.